The van der Waals surface area contributed by atoms with Crippen LogP contribution in [-0.2, 0) is 9.47 Å². The number of hydrogen-bond donors (Lipinski definition) is 1. The van der Waals surface area contributed by atoms with E-state index in [1.165, 1.54) is 0 Å². The SMILES string of the molecule is CNc1nc(SCCOC)nc(N2CCOCC2)n1. The van der Waals surface area contributed by atoms with Gasteiger partial charge in [-0.2, -0.15) is 15.0 Å². The monoisotopic (exact) mass is 285 g/mol. The Kier molecular flexibility index (Phi) is 5.62. The molecule has 7 nitrogen and oxygen atoms in total. The second-order valence-corrected chi connectivity index (χ2v) is 4.99. The van der Waals surface area contributed by atoms with E-state index in [0.717, 1.165) is 24.0 Å². The minimum Gasteiger partial charge on any atom is -0.384 e. The molecule has 0 radical (unpaired) electrons. The van der Waals surface area contributed by atoms with E-state index in [2.05, 4.69) is 25.2 Å². The van der Waals surface area contributed by atoms with E-state index in [9.17, 15) is 0 Å². The van der Waals surface area contributed by atoms with Crippen LogP contribution in [0.25, 0.3) is 0 Å². The lowest BCUT2D eigenvalue weighted by Crippen LogP contribution is -2.37. The lowest BCUT2D eigenvalue weighted by Gasteiger charge is -2.26. The molecule has 19 heavy (non-hydrogen) atoms. The van der Waals surface area contributed by atoms with Gasteiger partial charge in [-0.3, -0.25) is 0 Å². The minimum absolute atomic E-state index is 0.594. The Hall–Kier alpha value is -1.12. The van der Waals surface area contributed by atoms with E-state index in [4.69, 9.17) is 9.47 Å². The Morgan fingerprint density at radius 1 is 1.32 bits per heavy atom. The van der Waals surface area contributed by atoms with Gasteiger partial charge in [0.15, 0.2) is 5.16 Å². The Bertz CT molecular complexity index is 401. The van der Waals surface area contributed by atoms with Gasteiger partial charge in [-0.05, 0) is 0 Å². The van der Waals surface area contributed by atoms with Crippen LogP contribution in [0.1, 0.15) is 0 Å². The van der Waals surface area contributed by atoms with E-state index >= 15 is 0 Å². The van der Waals surface area contributed by atoms with Gasteiger partial charge in [-0.1, -0.05) is 11.8 Å². The highest BCUT2D eigenvalue weighted by atomic mass is 32.2. The smallest absolute Gasteiger partial charge is 0.231 e. The fourth-order valence-electron chi connectivity index (χ4n) is 1.64. The zero-order valence-corrected chi connectivity index (χ0v) is 12.1. The quantitative estimate of drug-likeness (QED) is 0.598. The van der Waals surface area contributed by atoms with E-state index < -0.39 is 0 Å². The maximum Gasteiger partial charge on any atom is 0.231 e. The molecule has 1 saturated heterocycles. The maximum atomic E-state index is 5.34. The van der Waals surface area contributed by atoms with Gasteiger partial charge in [-0.25, -0.2) is 0 Å². The predicted molar refractivity (Wildman–Crippen MR) is 75.0 cm³/mol. The summed E-state index contributed by atoms with van der Waals surface area (Å²) in [7, 11) is 3.49. The van der Waals surface area contributed by atoms with Crippen LogP contribution < -0.4 is 10.2 Å². The van der Waals surface area contributed by atoms with Crippen molar-refractivity contribution in [2.45, 2.75) is 5.16 Å². The number of nitrogens with one attached hydrogen (secondary N) is 1. The molecule has 0 aromatic carbocycles. The van der Waals surface area contributed by atoms with Gasteiger partial charge in [-0.15, -0.1) is 0 Å². The Morgan fingerprint density at radius 3 is 2.79 bits per heavy atom. The summed E-state index contributed by atoms with van der Waals surface area (Å²) in [6.45, 7) is 3.74. The molecular formula is C11H19N5O2S. The lowest BCUT2D eigenvalue weighted by atomic mass is 10.4. The van der Waals surface area contributed by atoms with E-state index in [-0.39, 0.29) is 0 Å². The summed E-state index contributed by atoms with van der Waals surface area (Å²) in [6, 6.07) is 0. The van der Waals surface area contributed by atoms with Crippen molar-refractivity contribution in [3.63, 3.8) is 0 Å². The molecule has 1 aromatic rings. The number of aromatic nitrogens is 3. The molecule has 1 aliphatic heterocycles. The first-order valence-corrected chi connectivity index (χ1v) is 7.20. The van der Waals surface area contributed by atoms with Gasteiger partial charge in [0.1, 0.15) is 0 Å². The highest BCUT2D eigenvalue weighted by Crippen LogP contribution is 2.19. The van der Waals surface area contributed by atoms with Crippen LogP contribution in [0.15, 0.2) is 5.16 Å². The largest absolute Gasteiger partial charge is 0.384 e. The van der Waals surface area contributed by atoms with Crippen molar-refractivity contribution in [3.8, 4) is 0 Å². The third-order valence-corrected chi connectivity index (χ3v) is 3.45. The lowest BCUT2D eigenvalue weighted by molar-refractivity contribution is 0.122. The van der Waals surface area contributed by atoms with Crippen LogP contribution in [0.4, 0.5) is 11.9 Å². The zero-order valence-electron chi connectivity index (χ0n) is 11.3. The fourth-order valence-corrected chi connectivity index (χ4v) is 2.37. The van der Waals surface area contributed by atoms with E-state index in [1.807, 2.05) is 7.05 Å². The van der Waals surface area contributed by atoms with E-state index in [0.29, 0.717) is 31.7 Å². The molecule has 106 valence electrons. The second-order valence-electron chi connectivity index (χ2n) is 3.93. The summed E-state index contributed by atoms with van der Waals surface area (Å²) in [4.78, 5) is 15.3. The number of rotatable bonds is 6. The third kappa shape index (κ3) is 4.19. The molecule has 8 heteroatoms. The van der Waals surface area contributed by atoms with Crippen molar-refractivity contribution < 1.29 is 9.47 Å². The van der Waals surface area contributed by atoms with Crippen LogP contribution in [0.2, 0.25) is 0 Å². The highest BCUT2D eigenvalue weighted by molar-refractivity contribution is 7.99. The molecule has 0 saturated carbocycles. The summed E-state index contributed by atoms with van der Waals surface area (Å²) in [6.07, 6.45) is 0. The third-order valence-electron chi connectivity index (χ3n) is 2.64. The van der Waals surface area contributed by atoms with Gasteiger partial charge in [0.25, 0.3) is 0 Å². The summed E-state index contributed by atoms with van der Waals surface area (Å²) < 4.78 is 10.4. The molecular weight excluding hydrogens is 266 g/mol. The number of nitrogens with zero attached hydrogens (tertiary/aromatic N) is 4. The molecule has 0 bridgehead atoms. The number of ether oxygens (including phenoxy) is 2. The molecule has 0 unspecified atom stereocenters. The molecule has 0 spiro atoms. The number of morpholine rings is 1. The zero-order chi connectivity index (χ0) is 13.5. The first kappa shape index (κ1) is 14.3. The molecule has 1 N–H and O–H groups in total. The molecule has 0 atom stereocenters. The van der Waals surface area contributed by atoms with Crippen LogP contribution in [0.3, 0.4) is 0 Å². The maximum absolute atomic E-state index is 5.34. The van der Waals surface area contributed by atoms with Crippen molar-refractivity contribution >= 4 is 23.7 Å². The summed E-state index contributed by atoms with van der Waals surface area (Å²) in [5.41, 5.74) is 0. The van der Waals surface area contributed by atoms with Gasteiger partial charge in [0.2, 0.25) is 11.9 Å². The van der Waals surface area contributed by atoms with Crippen molar-refractivity contribution in [2.24, 2.45) is 0 Å². The topological polar surface area (TPSA) is 72.4 Å². The van der Waals surface area contributed by atoms with Crippen LogP contribution in [0, 0.1) is 0 Å². The molecule has 1 aromatic heterocycles. The molecule has 0 aliphatic carbocycles. The Balaban J connectivity index is 2.10. The molecule has 1 fully saturated rings. The van der Waals surface area contributed by atoms with Gasteiger partial charge in [0, 0.05) is 33.0 Å². The first-order valence-electron chi connectivity index (χ1n) is 6.21. The second kappa shape index (κ2) is 7.46. The Morgan fingerprint density at radius 2 is 2.11 bits per heavy atom. The number of thioether (sulfide) groups is 1. The molecule has 2 rings (SSSR count). The summed E-state index contributed by atoms with van der Waals surface area (Å²) in [5.74, 6) is 2.13. The standard InChI is InChI=1S/C11H19N5O2S/c1-12-9-13-10(16-3-5-18-6-4-16)15-11(14-9)19-8-7-17-2/h3-8H2,1-2H3,(H,12,13,14,15). The van der Waals surface area contributed by atoms with Crippen molar-refractivity contribution in [3.05, 3.63) is 0 Å². The van der Waals surface area contributed by atoms with E-state index in [1.54, 1.807) is 18.9 Å². The number of anilines is 2. The average molecular weight is 285 g/mol. The van der Waals surface area contributed by atoms with Gasteiger partial charge >= 0.3 is 0 Å². The summed E-state index contributed by atoms with van der Waals surface area (Å²) >= 11 is 1.57. The van der Waals surface area contributed by atoms with Crippen molar-refractivity contribution in [2.75, 3.05) is 63.0 Å². The van der Waals surface area contributed by atoms with Crippen molar-refractivity contribution in [1.82, 2.24) is 15.0 Å². The van der Waals surface area contributed by atoms with Gasteiger partial charge in [0.05, 0.1) is 19.8 Å². The normalized spacial score (nSPS) is 15.6. The molecule has 0 amide bonds. The fraction of sp³-hybridized carbons (Fsp3) is 0.727. The molecule has 2 heterocycles. The van der Waals surface area contributed by atoms with Crippen molar-refractivity contribution in [1.29, 1.82) is 0 Å². The predicted octanol–water partition coefficient (Wildman–Crippen LogP) is 0.488. The average Bonchev–Trinajstić information content (AvgIpc) is 2.48. The number of hydrogen-bond acceptors (Lipinski definition) is 8. The van der Waals surface area contributed by atoms with Crippen LogP contribution in [-0.4, -0.2) is 67.8 Å². The Labute approximate surface area is 117 Å². The minimum atomic E-state index is 0.594. The number of methoxy groups -OCH3 is 1. The van der Waals surface area contributed by atoms with Crippen LogP contribution >= 0.6 is 11.8 Å². The first-order chi connectivity index (χ1) is 9.33. The van der Waals surface area contributed by atoms with Crippen LogP contribution in [0.5, 0.6) is 0 Å². The van der Waals surface area contributed by atoms with Gasteiger partial charge < -0.3 is 19.7 Å². The summed E-state index contributed by atoms with van der Waals surface area (Å²) in [5, 5.41) is 3.69. The molecule has 1 aliphatic rings. The highest BCUT2D eigenvalue weighted by Gasteiger charge is 2.16.